The van der Waals surface area contributed by atoms with E-state index in [4.69, 9.17) is 27.9 Å². The van der Waals surface area contributed by atoms with E-state index in [1.54, 1.807) is 18.2 Å². The Balaban J connectivity index is 1.98. The molecule has 0 aliphatic carbocycles. The second-order valence-electron chi connectivity index (χ2n) is 5.40. The number of benzene rings is 2. The van der Waals surface area contributed by atoms with Gasteiger partial charge in [0.2, 0.25) is 10.0 Å². The monoisotopic (exact) mass is 429 g/mol. The maximum Gasteiger partial charge on any atom is 0.255 e. The summed E-state index contributed by atoms with van der Waals surface area (Å²) in [5.41, 5.74) is 2.81. The molecule has 0 unspecified atom stereocenters. The van der Waals surface area contributed by atoms with E-state index >= 15 is 0 Å². The Morgan fingerprint density at radius 2 is 1.89 bits per heavy atom. The minimum Gasteiger partial charge on any atom is -0.497 e. The molecule has 0 fully saturated rings. The summed E-state index contributed by atoms with van der Waals surface area (Å²) in [4.78, 5) is 12.0. The molecule has 1 N–H and O–H groups in total. The van der Waals surface area contributed by atoms with Gasteiger partial charge in [0.25, 0.3) is 5.91 Å². The third-order valence-corrected chi connectivity index (χ3v) is 5.87. The van der Waals surface area contributed by atoms with Crippen molar-refractivity contribution in [3.05, 3.63) is 58.1 Å². The van der Waals surface area contributed by atoms with Crippen LogP contribution in [0.4, 0.5) is 0 Å². The molecule has 2 aromatic carbocycles. The number of ether oxygens (including phenoxy) is 1. The van der Waals surface area contributed by atoms with E-state index in [1.165, 1.54) is 44.6 Å². The number of likely N-dealkylation sites (N-methyl/N-ethyl adjacent to an activating group) is 1. The summed E-state index contributed by atoms with van der Waals surface area (Å²) >= 11 is 11.8. The normalized spacial score (nSPS) is 11.7. The first-order chi connectivity index (χ1) is 12.7. The van der Waals surface area contributed by atoms with Crippen LogP contribution in [-0.2, 0) is 14.8 Å². The Morgan fingerprint density at radius 1 is 1.22 bits per heavy atom. The van der Waals surface area contributed by atoms with Crippen LogP contribution in [0.3, 0.4) is 0 Å². The first-order valence-electron chi connectivity index (χ1n) is 7.61. The number of nitrogens with one attached hydrogen (secondary N) is 1. The van der Waals surface area contributed by atoms with Gasteiger partial charge in [-0.3, -0.25) is 4.79 Å². The molecule has 0 saturated carbocycles. The molecule has 0 bridgehead atoms. The summed E-state index contributed by atoms with van der Waals surface area (Å²) < 4.78 is 30.9. The van der Waals surface area contributed by atoms with Crippen molar-refractivity contribution in [2.24, 2.45) is 5.10 Å². The average molecular weight is 430 g/mol. The fourth-order valence-electron chi connectivity index (χ4n) is 2.03. The smallest absolute Gasteiger partial charge is 0.255 e. The topological polar surface area (TPSA) is 88.1 Å². The van der Waals surface area contributed by atoms with Gasteiger partial charge in [-0.05, 0) is 36.4 Å². The highest BCUT2D eigenvalue weighted by Gasteiger charge is 2.22. The molecule has 0 radical (unpaired) electrons. The van der Waals surface area contributed by atoms with Gasteiger partial charge < -0.3 is 4.74 Å². The zero-order valence-corrected chi connectivity index (χ0v) is 16.8. The number of halogens is 2. The highest BCUT2D eigenvalue weighted by molar-refractivity contribution is 7.89. The predicted octanol–water partition coefficient (Wildman–Crippen LogP) is 2.77. The van der Waals surface area contributed by atoms with Gasteiger partial charge in [-0.15, -0.1) is 0 Å². The van der Waals surface area contributed by atoms with Crippen molar-refractivity contribution < 1.29 is 17.9 Å². The van der Waals surface area contributed by atoms with Crippen molar-refractivity contribution in [3.8, 4) is 5.75 Å². The minimum absolute atomic E-state index is 0.0510. The lowest BCUT2D eigenvalue weighted by atomic mass is 10.2. The van der Waals surface area contributed by atoms with Crippen LogP contribution in [0, 0.1) is 0 Å². The van der Waals surface area contributed by atoms with Crippen LogP contribution < -0.4 is 10.2 Å². The van der Waals surface area contributed by atoms with Gasteiger partial charge in [0, 0.05) is 17.6 Å². The number of carbonyl (C=O) groups is 1. The van der Waals surface area contributed by atoms with Gasteiger partial charge in [-0.2, -0.15) is 9.41 Å². The van der Waals surface area contributed by atoms with E-state index in [0.29, 0.717) is 21.4 Å². The Hall–Kier alpha value is -2.13. The van der Waals surface area contributed by atoms with Gasteiger partial charge in [0.1, 0.15) is 5.75 Å². The fraction of sp³-hybridized carbons (Fsp3) is 0.176. The lowest BCUT2D eigenvalue weighted by Gasteiger charge is -2.16. The molecule has 0 heterocycles. The molecule has 0 aromatic heterocycles. The number of rotatable bonds is 7. The Labute approximate surface area is 167 Å². The van der Waals surface area contributed by atoms with Crippen LogP contribution >= 0.6 is 23.2 Å². The molecule has 0 atom stereocenters. The predicted molar refractivity (Wildman–Crippen MR) is 105 cm³/mol. The van der Waals surface area contributed by atoms with E-state index < -0.39 is 22.5 Å². The van der Waals surface area contributed by atoms with Crippen molar-refractivity contribution >= 4 is 45.3 Å². The average Bonchev–Trinajstić information content (AvgIpc) is 2.63. The molecule has 10 heteroatoms. The Morgan fingerprint density at radius 3 is 2.48 bits per heavy atom. The molecule has 0 aliphatic rings. The van der Waals surface area contributed by atoms with Crippen molar-refractivity contribution in [2.75, 3.05) is 20.7 Å². The summed E-state index contributed by atoms with van der Waals surface area (Å²) in [7, 11) is -1.03. The number of hydrogen-bond acceptors (Lipinski definition) is 5. The third kappa shape index (κ3) is 5.67. The van der Waals surface area contributed by atoms with Gasteiger partial charge in [-0.25, -0.2) is 13.8 Å². The standard InChI is InChI=1S/C17H17Cl2N3O4S/c1-22(27(24,25)15-7-5-14(26-2)6-8-15)11-17(23)21-20-10-12-3-4-13(18)9-16(12)19/h3-10H,11H2,1-2H3,(H,21,23)/b20-10-. The molecule has 1 amide bonds. The number of hydrazone groups is 1. The van der Waals surface area contributed by atoms with Crippen LogP contribution in [0.15, 0.2) is 52.5 Å². The van der Waals surface area contributed by atoms with Crippen molar-refractivity contribution in [2.45, 2.75) is 4.90 Å². The maximum absolute atomic E-state index is 12.5. The summed E-state index contributed by atoms with van der Waals surface area (Å²) in [6, 6.07) is 10.7. The van der Waals surface area contributed by atoms with Crippen molar-refractivity contribution in [1.29, 1.82) is 0 Å². The lowest BCUT2D eigenvalue weighted by molar-refractivity contribution is -0.121. The van der Waals surface area contributed by atoms with Gasteiger partial charge in [0.05, 0.1) is 29.8 Å². The zero-order chi connectivity index (χ0) is 20.0. The van der Waals surface area contributed by atoms with Gasteiger partial charge in [-0.1, -0.05) is 29.3 Å². The third-order valence-electron chi connectivity index (χ3n) is 3.49. The SMILES string of the molecule is COc1ccc(S(=O)(=O)N(C)CC(=O)N/N=C\c2ccc(Cl)cc2Cl)cc1. The number of nitrogens with zero attached hydrogens (tertiary/aromatic N) is 2. The summed E-state index contributed by atoms with van der Waals surface area (Å²) in [5.74, 6) is -0.0690. The largest absolute Gasteiger partial charge is 0.497 e. The summed E-state index contributed by atoms with van der Waals surface area (Å²) in [6.45, 7) is -0.403. The Kier molecular flexibility index (Phi) is 7.20. The number of hydrogen-bond donors (Lipinski definition) is 1. The van der Waals surface area contributed by atoms with Gasteiger partial charge >= 0.3 is 0 Å². The fourth-order valence-corrected chi connectivity index (χ4v) is 3.61. The number of amides is 1. The molecular formula is C17H17Cl2N3O4S. The first-order valence-corrected chi connectivity index (χ1v) is 9.81. The number of sulfonamides is 1. The van der Waals surface area contributed by atoms with E-state index in [9.17, 15) is 13.2 Å². The quantitative estimate of drug-likeness (QED) is 0.541. The summed E-state index contributed by atoms with van der Waals surface area (Å²) in [6.07, 6.45) is 1.34. The number of methoxy groups -OCH3 is 1. The van der Waals surface area contributed by atoms with Crippen LogP contribution in [0.2, 0.25) is 10.0 Å². The molecule has 0 saturated heterocycles. The number of carbonyl (C=O) groups excluding carboxylic acids is 1. The van der Waals surface area contributed by atoms with Gasteiger partial charge in [0.15, 0.2) is 0 Å². The highest BCUT2D eigenvalue weighted by Crippen LogP contribution is 2.20. The van der Waals surface area contributed by atoms with Crippen molar-refractivity contribution in [3.63, 3.8) is 0 Å². The molecule has 2 rings (SSSR count). The molecule has 0 aliphatic heterocycles. The second kappa shape index (κ2) is 9.18. The van der Waals surface area contributed by atoms with Crippen LogP contribution in [0.5, 0.6) is 5.75 Å². The zero-order valence-electron chi connectivity index (χ0n) is 14.5. The molecule has 0 spiro atoms. The molecular weight excluding hydrogens is 413 g/mol. The van der Waals surface area contributed by atoms with E-state index in [1.807, 2.05) is 0 Å². The second-order valence-corrected chi connectivity index (χ2v) is 8.28. The summed E-state index contributed by atoms with van der Waals surface area (Å²) in [5, 5.41) is 4.63. The Bertz CT molecular complexity index is 947. The van der Waals surface area contributed by atoms with E-state index in [2.05, 4.69) is 10.5 Å². The lowest BCUT2D eigenvalue weighted by Crippen LogP contribution is -2.36. The minimum atomic E-state index is -3.82. The van der Waals surface area contributed by atoms with Crippen LogP contribution in [-0.4, -0.2) is 45.5 Å². The van der Waals surface area contributed by atoms with Crippen molar-refractivity contribution in [1.82, 2.24) is 9.73 Å². The molecule has 27 heavy (non-hydrogen) atoms. The molecule has 7 nitrogen and oxygen atoms in total. The van der Waals surface area contributed by atoms with E-state index in [0.717, 1.165) is 4.31 Å². The van der Waals surface area contributed by atoms with E-state index in [-0.39, 0.29) is 4.90 Å². The maximum atomic E-state index is 12.5. The molecule has 2 aromatic rings. The molecule has 144 valence electrons. The highest BCUT2D eigenvalue weighted by atomic mass is 35.5. The van der Waals surface area contributed by atoms with Crippen LogP contribution in [0.1, 0.15) is 5.56 Å². The van der Waals surface area contributed by atoms with Crippen LogP contribution in [0.25, 0.3) is 0 Å². The first kappa shape index (κ1) is 21.2.